The van der Waals surface area contributed by atoms with Gasteiger partial charge in [0.25, 0.3) is 5.91 Å². The van der Waals surface area contributed by atoms with E-state index in [2.05, 4.69) is 5.32 Å². The van der Waals surface area contributed by atoms with Gasteiger partial charge >= 0.3 is 0 Å². The fourth-order valence-corrected chi connectivity index (χ4v) is 5.05. The molecule has 0 spiro atoms. The molecule has 0 aliphatic carbocycles. The molecule has 2 aromatic carbocycles. The number of carbonyl (C=O) groups excluding carboxylic acids is 2. The largest absolute Gasteiger partial charge is 0.482 e. The van der Waals surface area contributed by atoms with Crippen LogP contribution < -0.4 is 15.0 Å². The molecule has 0 radical (unpaired) electrons. The lowest BCUT2D eigenvalue weighted by Crippen LogP contribution is -2.43. The Balaban J connectivity index is 1.49. The van der Waals surface area contributed by atoms with Gasteiger partial charge < -0.3 is 10.1 Å². The second-order valence-electron chi connectivity index (χ2n) is 6.92. The van der Waals surface area contributed by atoms with Crippen molar-refractivity contribution < 1.29 is 22.7 Å². The summed E-state index contributed by atoms with van der Waals surface area (Å²) in [6, 6.07) is 13.2. The van der Waals surface area contributed by atoms with Crippen molar-refractivity contribution >= 4 is 33.2 Å². The second kappa shape index (κ2) is 7.84. The summed E-state index contributed by atoms with van der Waals surface area (Å²) in [5, 5.41) is 2.69. The molecule has 2 amide bonds. The van der Waals surface area contributed by atoms with Gasteiger partial charge in [-0.3, -0.25) is 14.5 Å². The molecular weight excluding hydrogens is 394 g/mol. The monoisotopic (exact) mass is 415 g/mol. The predicted octanol–water partition coefficient (Wildman–Crippen LogP) is 1.84. The van der Waals surface area contributed by atoms with E-state index in [1.54, 1.807) is 36.4 Å². The van der Waals surface area contributed by atoms with E-state index in [0.717, 1.165) is 12.8 Å². The first-order valence-corrected chi connectivity index (χ1v) is 10.8. The van der Waals surface area contributed by atoms with Crippen LogP contribution in [0.3, 0.4) is 0 Å². The van der Waals surface area contributed by atoms with Crippen molar-refractivity contribution in [1.82, 2.24) is 4.31 Å². The van der Waals surface area contributed by atoms with Gasteiger partial charge in [-0.2, -0.15) is 4.31 Å². The third-order valence-corrected chi connectivity index (χ3v) is 6.83. The van der Waals surface area contributed by atoms with Crippen LogP contribution in [-0.4, -0.2) is 50.8 Å². The molecule has 2 aliphatic rings. The van der Waals surface area contributed by atoms with Crippen LogP contribution in [0.1, 0.15) is 12.8 Å². The molecule has 152 valence electrons. The molecule has 2 aliphatic heterocycles. The average molecular weight is 415 g/mol. The fraction of sp³-hybridized carbons (Fsp3) is 0.300. The van der Waals surface area contributed by atoms with E-state index in [0.29, 0.717) is 30.2 Å². The van der Waals surface area contributed by atoms with Crippen LogP contribution in [0, 0.1) is 0 Å². The Hall–Kier alpha value is -2.91. The van der Waals surface area contributed by atoms with Crippen LogP contribution >= 0.6 is 0 Å². The second-order valence-corrected chi connectivity index (χ2v) is 8.86. The van der Waals surface area contributed by atoms with Gasteiger partial charge in [0.1, 0.15) is 12.3 Å². The lowest BCUT2D eigenvalue weighted by molar-refractivity contribution is -0.123. The standard InChI is InChI=1S/C20H21N3O5S/c24-19(13-23-17-8-1-2-9-18(17)28-14-20(23)25)21-15-6-5-7-16(12-15)29(26,27)22-10-3-4-11-22/h1-2,5-9,12H,3-4,10-11,13-14H2,(H,21,24). The lowest BCUT2D eigenvalue weighted by Gasteiger charge is -2.28. The highest BCUT2D eigenvalue weighted by Gasteiger charge is 2.28. The zero-order valence-electron chi connectivity index (χ0n) is 15.7. The minimum Gasteiger partial charge on any atom is -0.482 e. The van der Waals surface area contributed by atoms with Gasteiger partial charge in [0, 0.05) is 18.8 Å². The maximum Gasteiger partial charge on any atom is 0.265 e. The lowest BCUT2D eigenvalue weighted by atomic mass is 10.2. The molecule has 8 nitrogen and oxygen atoms in total. The van der Waals surface area contributed by atoms with E-state index < -0.39 is 15.9 Å². The first-order chi connectivity index (χ1) is 13.9. The maximum absolute atomic E-state index is 12.7. The van der Waals surface area contributed by atoms with Crippen LogP contribution in [-0.2, 0) is 19.6 Å². The van der Waals surface area contributed by atoms with E-state index in [4.69, 9.17) is 4.74 Å². The SMILES string of the molecule is O=C(CN1C(=O)COc2ccccc21)Nc1cccc(S(=O)(=O)N2CCCC2)c1. The Morgan fingerprint density at radius 2 is 1.83 bits per heavy atom. The summed E-state index contributed by atoms with van der Waals surface area (Å²) >= 11 is 0. The Morgan fingerprint density at radius 1 is 1.07 bits per heavy atom. The Bertz CT molecular complexity index is 1050. The molecule has 9 heteroatoms. The van der Waals surface area contributed by atoms with Crippen LogP contribution in [0.4, 0.5) is 11.4 Å². The van der Waals surface area contributed by atoms with Crippen molar-refractivity contribution in [1.29, 1.82) is 0 Å². The number of fused-ring (bicyclic) bond motifs is 1. The quantitative estimate of drug-likeness (QED) is 0.804. The molecule has 0 unspecified atom stereocenters. The summed E-state index contributed by atoms with van der Waals surface area (Å²) in [7, 11) is -3.57. The third-order valence-electron chi connectivity index (χ3n) is 4.93. The normalized spacial score (nSPS) is 17.0. The van der Waals surface area contributed by atoms with Crippen LogP contribution in [0.15, 0.2) is 53.4 Å². The van der Waals surface area contributed by atoms with Gasteiger partial charge in [-0.1, -0.05) is 18.2 Å². The molecule has 0 aromatic heterocycles. The van der Waals surface area contributed by atoms with Crippen LogP contribution in [0.5, 0.6) is 5.75 Å². The molecule has 2 aromatic rings. The number of nitrogens with zero attached hydrogens (tertiary/aromatic N) is 2. The van der Waals surface area contributed by atoms with Gasteiger partial charge in [0.15, 0.2) is 6.61 Å². The number of sulfonamides is 1. The summed E-state index contributed by atoms with van der Waals surface area (Å²) in [6.07, 6.45) is 1.70. The molecule has 1 saturated heterocycles. The van der Waals surface area contributed by atoms with E-state index in [1.807, 2.05) is 0 Å². The highest BCUT2D eigenvalue weighted by Crippen LogP contribution is 2.31. The number of para-hydroxylation sites is 2. The highest BCUT2D eigenvalue weighted by atomic mass is 32.2. The molecule has 1 fully saturated rings. The van der Waals surface area contributed by atoms with E-state index in [9.17, 15) is 18.0 Å². The fourth-order valence-electron chi connectivity index (χ4n) is 3.48. The van der Waals surface area contributed by atoms with E-state index >= 15 is 0 Å². The predicted molar refractivity (Wildman–Crippen MR) is 107 cm³/mol. The number of ether oxygens (including phenoxy) is 1. The van der Waals surface area contributed by atoms with Crippen molar-refractivity contribution in [3.8, 4) is 5.75 Å². The van der Waals surface area contributed by atoms with Gasteiger partial charge in [0.05, 0.1) is 10.6 Å². The number of benzene rings is 2. The number of amides is 2. The molecule has 2 heterocycles. The summed E-state index contributed by atoms with van der Waals surface area (Å²) in [6.45, 7) is 0.700. The highest BCUT2D eigenvalue weighted by molar-refractivity contribution is 7.89. The van der Waals surface area contributed by atoms with Crippen molar-refractivity contribution in [3.05, 3.63) is 48.5 Å². The number of nitrogens with one attached hydrogen (secondary N) is 1. The summed E-state index contributed by atoms with van der Waals surface area (Å²) < 4.78 is 32.3. The summed E-state index contributed by atoms with van der Waals surface area (Å²) in [4.78, 5) is 26.3. The minimum absolute atomic E-state index is 0.131. The molecule has 0 atom stereocenters. The molecule has 0 bridgehead atoms. The zero-order valence-corrected chi connectivity index (χ0v) is 16.5. The third kappa shape index (κ3) is 3.96. The molecular formula is C20H21N3O5S. The van der Waals surface area contributed by atoms with E-state index in [1.165, 1.54) is 21.3 Å². The first-order valence-electron chi connectivity index (χ1n) is 9.37. The average Bonchev–Trinajstić information content (AvgIpc) is 3.26. The van der Waals surface area contributed by atoms with Crippen LogP contribution in [0.25, 0.3) is 0 Å². The van der Waals surface area contributed by atoms with Crippen molar-refractivity contribution in [3.63, 3.8) is 0 Å². The van der Waals surface area contributed by atoms with Crippen LogP contribution in [0.2, 0.25) is 0 Å². The summed E-state index contributed by atoms with van der Waals surface area (Å²) in [5.74, 6) is -0.200. The molecule has 29 heavy (non-hydrogen) atoms. The van der Waals surface area contributed by atoms with Gasteiger partial charge in [-0.15, -0.1) is 0 Å². The topological polar surface area (TPSA) is 96.0 Å². The van der Waals surface area contributed by atoms with Gasteiger partial charge in [-0.05, 0) is 43.2 Å². The first kappa shape index (κ1) is 19.4. The minimum atomic E-state index is -3.57. The number of carbonyl (C=O) groups is 2. The zero-order chi connectivity index (χ0) is 20.4. The number of hydrogen-bond acceptors (Lipinski definition) is 5. The summed E-state index contributed by atoms with van der Waals surface area (Å²) in [5.41, 5.74) is 0.897. The van der Waals surface area contributed by atoms with Crippen molar-refractivity contribution in [2.75, 3.05) is 36.5 Å². The molecule has 4 rings (SSSR count). The van der Waals surface area contributed by atoms with Crippen molar-refractivity contribution in [2.24, 2.45) is 0 Å². The Kier molecular flexibility index (Phi) is 5.25. The molecule has 1 N–H and O–H groups in total. The Labute approximate surface area is 169 Å². The number of hydrogen-bond donors (Lipinski definition) is 1. The van der Waals surface area contributed by atoms with E-state index in [-0.39, 0.29) is 24.0 Å². The number of anilines is 2. The maximum atomic E-state index is 12.7. The van der Waals surface area contributed by atoms with Crippen molar-refractivity contribution in [2.45, 2.75) is 17.7 Å². The van der Waals surface area contributed by atoms with Gasteiger partial charge in [0.2, 0.25) is 15.9 Å². The van der Waals surface area contributed by atoms with Gasteiger partial charge in [-0.25, -0.2) is 8.42 Å². The molecule has 0 saturated carbocycles. The number of rotatable bonds is 5. The smallest absolute Gasteiger partial charge is 0.265 e. The Morgan fingerprint density at radius 3 is 2.62 bits per heavy atom.